The summed E-state index contributed by atoms with van der Waals surface area (Å²) in [6.45, 7) is 9.18. The van der Waals surface area contributed by atoms with Gasteiger partial charge in [0.15, 0.2) is 4.96 Å². The summed E-state index contributed by atoms with van der Waals surface area (Å²) >= 11 is 1.93. The summed E-state index contributed by atoms with van der Waals surface area (Å²) < 4.78 is 2.50. The van der Waals surface area contributed by atoms with Crippen LogP contribution in [0, 0.1) is 5.92 Å². The molecular formula is C16H24N2S. The summed E-state index contributed by atoms with van der Waals surface area (Å²) in [5.74, 6) is 1.24. The molecule has 2 nitrogen and oxygen atoms in total. The van der Waals surface area contributed by atoms with Crippen molar-refractivity contribution in [2.45, 2.75) is 65.7 Å². The summed E-state index contributed by atoms with van der Waals surface area (Å²) in [5, 5.41) is 0. The van der Waals surface area contributed by atoms with Gasteiger partial charge in [0.25, 0.3) is 0 Å². The van der Waals surface area contributed by atoms with Crippen molar-refractivity contribution in [1.82, 2.24) is 9.38 Å². The number of hydrogen-bond donors (Lipinski definition) is 0. The zero-order valence-electron chi connectivity index (χ0n) is 12.5. The summed E-state index contributed by atoms with van der Waals surface area (Å²) in [5.41, 5.74) is 4.38. The number of rotatable bonds is 3. The number of hydrogen-bond acceptors (Lipinski definition) is 2. The molecule has 0 fully saturated rings. The van der Waals surface area contributed by atoms with Crippen molar-refractivity contribution < 1.29 is 0 Å². The molecule has 0 unspecified atom stereocenters. The van der Waals surface area contributed by atoms with E-state index in [9.17, 15) is 0 Å². The molecule has 0 saturated carbocycles. The number of thiazole rings is 1. The van der Waals surface area contributed by atoms with E-state index in [-0.39, 0.29) is 0 Å². The zero-order valence-corrected chi connectivity index (χ0v) is 13.3. The maximum absolute atomic E-state index is 4.96. The highest BCUT2D eigenvalue weighted by molar-refractivity contribution is 7.17. The van der Waals surface area contributed by atoms with Crippen LogP contribution in [0.1, 0.15) is 68.4 Å². The van der Waals surface area contributed by atoms with Crippen molar-refractivity contribution in [3.05, 3.63) is 22.0 Å². The lowest BCUT2D eigenvalue weighted by atomic mass is 10.00. The average Bonchev–Trinajstić information content (AvgIpc) is 2.82. The van der Waals surface area contributed by atoms with Crippen LogP contribution in [0.4, 0.5) is 0 Å². The summed E-state index contributed by atoms with van der Waals surface area (Å²) in [7, 11) is 0. The van der Waals surface area contributed by atoms with Gasteiger partial charge in [-0.1, -0.05) is 27.7 Å². The van der Waals surface area contributed by atoms with Crippen molar-refractivity contribution in [1.29, 1.82) is 0 Å². The Morgan fingerprint density at radius 3 is 2.58 bits per heavy atom. The third kappa shape index (κ3) is 2.22. The molecule has 0 aliphatic heterocycles. The van der Waals surface area contributed by atoms with Crippen LogP contribution in [0.15, 0.2) is 0 Å². The van der Waals surface area contributed by atoms with Crippen LogP contribution < -0.4 is 0 Å². The van der Waals surface area contributed by atoms with Gasteiger partial charge >= 0.3 is 0 Å². The highest BCUT2D eigenvalue weighted by atomic mass is 32.1. The van der Waals surface area contributed by atoms with Gasteiger partial charge in [0.1, 0.15) is 0 Å². The fourth-order valence-electron chi connectivity index (χ4n) is 3.23. The molecule has 0 amide bonds. The van der Waals surface area contributed by atoms with Gasteiger partial charge in [-0.25, -0.2) is 4.98 Å². The van der Waals surface area contributed by atoms with Crippen molar-refractivity contribution in [2.75, 3.05) is 0 Å². The smallest absolute Gasteiger partial charge is 0.194 e. The summed E-state index contributed by atoms with van der Waals surface area (Å²) in [6.07, 6.45) is 6.31. The third-order valence-electron chi connectivity index (χ3n) is 3.98. The highest BCUT2D eigenvalue weighted by Gasteiger charge is 2.23. The van der Waals surface area contributed by atoms with Crippen molar-refractivity contribution in [3.63, 3.8) is 0 Å². The SMILES string of the molecule is CC(C)Cc1nc2sc3c(n2c1C(C)C)CCCC3. The minimum Gasteiger partial charge on any atom is -0.291 e. The fourth-order valence-corrected chi connectivity index (χ4v) is 4.46. The standard InChI is InChI=1S/C16H24N2S/c1-10(2)9-12-15(11(3)4)18-13-7-5-6-8-14(13)19-16(18)17-12/h10-11H,5-9H2,1-4H3. The molecule has 2 aromatic rings. The zero-order chi connectivity index (χ0) is 13.6. The molecule has 0 atom stereocenters. The maximum atomic E-state index is 4.96. The minimum absolute atomic E-state index is 0.560. The first-order valence-corrected chi connectivity index (χ1v) is 8.41. The second kappa shape index (κ2) is 4.93. The molecule has 1 aliphatic carbocycles. The van der Waals surface area contributed by atoms with Crippen molar-refractivity contribution in [2.24, 2.45) is 5.92 Å². The molecule has 2 aromatic heterocycles. The van der Waals surface area contributed by atoms with E-state index in [1.807, 2.05) is 11.3 Å². The quantitative estimate of drug-likeness (QED) is 0.801. The van der Waals surface area contributed by atoms with Gasteiger partial charge in [-0.15, -0.1) is 11.3 Å². The van der Waals surface area contributed by atoms with Crippen LogP contribution in [0.5, 0.6) is 0 Å². The number of imidazole rings is 1. The van der Waals surface area contributed by atoms with Gasteiger partial charge in [-0.2, -0.15) is 0 Å². The van der Waals surface area contributed by atoms with Crippen LogP contribution in [0.3, 0.4) is 0 Å². The lowest BCUT2D eigenvalue weighted by Gasteiger charge is -2.15. The molecular weight excluding hydrogens is 252 g/mol. The summed E-state index contributed by atoms with van der Waals surface area (Å²) in [4.78, 5) is 7.79. The average molecular weight is 276 g/mol. The van der Waals surface area contributed by atoms with Crippen molar-refractivity contribution in [3.8, 4) is 0 Å². The second-order valence-electron chi connectivity index (χ2n) is 6.49. The Kier molecular flexibility index (Phi) is 3.42. The molecule has 1 aliphatic rings. The lowest BCUT2D eigenvalue weighted by molar-refractivity contribution is 0.621. The molecule has 0 spiro atoms. The summed E-state index contributed by atoms with van der Waals surface area (Å²) in [6, 6.07) is 0. The predicted octanol–water partition coefficient (Wildman–Crippen LogP) is 4.60. The lowest BCUT2D eigenvalue weighted by Crippen LogP contribution is -2.08. The minimum atomic E-state index is 0.560. The first-order chi connectivity index (χ1) is 9.08. The molecule has 0 aromatic carbocycles. The molecule has 3 rings (SSSR count). The van der Waals surface area contributed by atoms with E-state index >= 15 is 0 Å². The van der Waals surface area contributed by atoms with Crippen LogP contribution in [-0.4, -0.2) is 9.38 Å². The topological polar surface area (TPSA) is 17.3 Å². The van der Waals surface area contributed by atoms with E-state index in [2.05, 4.69) is 32.1 Å². The number of aryl methyl sites for hydroxylation is 2. The Labute approximate surface area is 119 Å². The van der Waals surface area contributed by atoms with E-state index in [0.29, 0.717) is 11.8 Å². The predicted molar refractivity (Wildman–Crippen MR) is 82.3 cm³/mol. The Hall–Kier alpha value is -0.830. The van der Waals surface area contributed by atoms with E-state index in [1.165, 1.54) is 42.0 Å². The maximum Gasteiger partial charge on any atom is 0.194 e. The van der Waals surface area contributed by atoms with E-state index in [1.54, 1.807) is 10.6 Å². The molecule has 0 bridgehead atoms. The normalized spacial score (nSPS) is 15.7. The monoisotopic (exact) mass is 276 g/mol. The van der Waals surface area contributed by atoms with Gasteiger partial charge in [-0.05, 0) is 43.9 Å². The first-order valence-electron chi connectivity index (χ1n) is 7.59. The third-order valence-corrected chi connectivity index (χ3v) is 5.12. The number of nitrogens with zero attached hydrogens (tertiary/aromatic N) is 2. The highest BCUT2D eigenvalue weighted by Crippen LogP contribution is 2.34. The van der Waals surface area contributed by atoms with Gasteiger partial charge in [0, 0.05) is 16.3 Å². The van der Waals surface area contributed by atoms with Crippen LogP contribution >= 0.6 is 11.3 Å². The largest absolute Gasteiger partial charge is 0.291 e. The molecule has 0 radical (unpaired) electrons. The van der Waals surface area contributed by atoms with E-state index in [0.717, 1.165) is 6.42 Å². The molecule has 0 N–H and O–H groups in total. The van der Waals surface area contributed by atoms with Crippen molar-refractivity contribution >= 4 is 16.3 Å². The van der Waals surface area contributed by atoms with Crippen LogP contribution in [0.2, 0.25) is 0 Å². The molecule has 3 heteroatoms. The molecule has 2 heterocycles. The second-order valence-corrected chi connectivity index (χ2v) is 7.56. The fraction of sp³-hybridized carbons (Fsp3) is 0.688. The Balaban J connectivity index is 2.18. The number of fused-ring (bicyclic) bond motifs is 3. The van der Waals surface area contributed by atoms with Gasteiger partial charge in [-0.3, -0.25) is 4.40 Å². The van der Waals surface area contributed by atoms with Gasteiger partial charge < -0.3 is 0 Å². The number of aromatic nitrogens is 2. The molecule has 0 saturated heterocycles. The van der Waals surface area contributed by atoms with Crippen LogP contribution in [0.25, 0.3) is 4.96 Å². The molecule has 104 valence electrons. The van der Waals surface area contributed by atoms with E-state index < -0.39 is 0 Å². The Morgan fingerprint density at radius 1 is 1.16 bits per heavy atom. The first kappa shape index (κ1) is 13.2. The Morgan fingerprint density at radius 2 is 1.89 bits per heavy atom. The van der Waals surface area contributed by atoms with E-state index in [4.69, 9.17) is 4.98 Å². The molecule has 19 heavy (non-hydrogen) atoms. The van der Waals surface area contributed by atoms with Gasteiger partial charge in [0.05, 0.1) is 5.69 Å². The Bertz CT molecular complexity index is 589. The van der Waals surface area contributed by atoms with Crippen LogP contribution in [-0.2, 0) is 19.3 Å². The van der Waals surface area contributed by atoms with Gasteiger partial charge in [0.2, 0.25) is 0 Å².